The van der Waals surface area contributed by atoms with E-state index in [2.05, 4.69) is 22.4 Å². The molecule has 0 saturated heterocycles. The predicted molar refractivity (Wildman–Crippen MR) is 106 cm³/mol. The summed E-state index contributed by atoms with van der Waals surface area (Å²) < 4.78 is 0. The van der Waals surface area contributed by atoms with E-state index in [1.807, 2.05) is 57.2 Å². The van der Waals surface area contributed by atoms with Crippen molar-refractivity contribution < 1.29 is 4.79 Å². The first-order valence-electron chi connectivity index (χ1n) is 8.28. The minimum atomic E-state index is -0.115. The van der Waals surface area contributed by atoms with Crippen LogP contribution in [-0.2, 0) is 4.79 Å². The Morgan fingerprint density at radius 3 is 2.65 bits per heavy atom. The van der Waals surface area contributed by atoms with Gasteiger partial charge in [0.1, 0.15) is 11.1 Å². The summed E-state index contributed by atoms with van der Waals surface area (Å²) in [5.74, 6) is 0.0857. The van der Waals surface area contributed by atoms with Gasteiger partial charge in [0.2, 0.25) is 5.91 Å². The number of carbonyl (C=O) groups excluding carboxylic acids is 1. The summed E-state index contributed by atoms with van der Waals surface area (Å²) >= 11 is 1.29. The minimum Gasteiger partial charge on any atom is -0.325 e. The second-order valence-electron chi connectivity index (χ2n) is 6.26. The van der Waals surface area contributed by atoms with Gasteiger partial charge in [0.15, 0.2) is 0 Å². The number of benzene rings is 2. The number of carbonyl (C=O) groups is 1. The van der Waals surface area contributed by atoms with Gasteiger partial charge in [0.05, 0.1) is 16.8 Å². The molecule has 3 rings (SSSR count). The predicted octanol–water partition coefficient (Wildman–Crippen LogP) is 4.76. The molecule has 0 aliphatic carbocycles. The molecule has 1 N–H and O–H groups in total. The first kappa shape index (κ1) is 18.0. The number of nitriles is 1. The van der Waals surface area contributed by atoms with Gasteiger partial charge in [-0.15, -0.1) is 0 Å². The van der Waals surface area contributed by atoms with Crippen molar-refractivity contribution in [2.24, 2.45) is 0 Å². The third-order valence-electron chi connectivity index (χ3n) is 4.10. The van der Waals surface area contributed by atoms with E-state index in [1.165, 1.54) is 11.8 Å². The third-order valence-corrected chi connectivity index (χ3v) is 5.09. The van der Waals surface area contributed by atoms with E-state index >= 15 is 0 Å². The van der Waals surface area contributed by atoms with Gasteiger partial charge >= 0.3 is 0 Å². The average Bonchev–Trinajstić information content (AvgIpc) is 2.61. The molecule has 0 aliphatic heterocycles. The fraction of sp³-hybridized carbons (Fsp3) is 0.190. The van der Waals surface area contributed by atoms with Gasteiger partial charge < -0.3 is 5.32 Å². The maximum absolute atomic E-state index is 12.3. The third kappa shape index (κ3) is 3.87. The monoisotopic (exact) mass is 361 g/mol. The fourth-order valence-corrected chi connectivity index (χ4v) is 3.61. The van der Waals surface area contributed by atoms with Gasteiger partial charge in [-0.3, -0.25) is 4.79 Å². The normalized spacial score (nSPS) is 10.5. The number of fused-ring (bicyclic) bond motifs is 1. The van der Waals surface area contributed by atoms with Crippen molar-refractivity contribution in [3.8, 4) is 6.07 Å². The Kier molecular flexibility index (Phi) is 5.24. The van der Waals surface area contributed by atoms with Crippen molar-refractivity contribution in [1.82, 2.24) is 4.98 Å². The second kappa shape index (κ2) is 7.59. The van der Waals surface area contributed by atoms with Crippen LogP contribution in [0.3, 0.4) is 0 Å². The van der Waals surface area contributed by atoms with Crippen molar-refractivity contribution >= 4 is 34.3 Å². The molecule has 26 heavy (non-hydrogen) atoms. The van der Waals surface area contributed by atoms with Crippen LogP contribution in [0.25, 0.3) is 10.9 Å². The van der Waals surface area contributed by atoms with Gasteiger partial charge in [-0.1, -0.05) is 41.6 Å². The standard InChI is InChI=1S/C21H19N3OS/c1-13-8-15(3)20-16(9-13)10-17(11-22)21(24-20)26-12-19(25)23-18-7-5-4-6-14(18)2/h4-10H,12H2,1-3H3,(H,23,25). The molecular weight excluding hydrogens is 342 g/mol. The SMILES string of the molecule is Cc1cc(C)c2nc(SCC(=O)Nc3ccccc3C)c(C#N)cc2c1. The Morgan fingerprint density at radius 2 is 1.92 bits per heavy atom. The van der Waals surface area contributed by atoms with Crippen molar-refractivity contribution in [3.05, 3.63) is 64.7 Å². The zero-order valence-corrected chi connectivity index (χ0v) is 15.8. The summed E-state index contributed by atoms with van der Waals surface area (Å²) in [6.45, 7) is 5.98. The highest BCUT2D eigenvalue weighted by atomic mass is 32.2. The number of pyridine rings is 1. The Labute approximate surface area is 157 Å². The number of rotatable bonds is 4. The first-order valence-corrected chi connectivity index (χ1v) is 9.27. The molecule has 1 heterocycles. The number of nitrogens with one attached hydrogen (secondary N) is 1. The van der Waals surface area contributed by atoms with Gasteiger partial charge in [0, 0.05) is 11.1 Å². The van der Waals surface area contributed by atoms with Crippen LogP contribution in [0.5, 0.6) is 0 Å². The summed E-state index contributed by atoms with van der Waals surface area (Å²) in [6.07, 6.45) is 0. The quantitative estimate of drug-likeness (QED) is 0.680. The number of amides is 1. The van der Waals surface area contributed by atoms with E-state index in [9.17, 15) is 10.1 Å². The molecule has 3 aromatic rings. The number of aromatic nitrogens is 1. The largest absolute Gasteiger partial charge is 0.325 e. The number of anilines is 1. The molecule has 1 aromatic heterocycles. The number of thioether (sulfide) groups is 1. The molecule has 5 heteroatoms. The molecule has 0 bridgehead atoms. The summed E-state index contributed by atoms with van der Waals surface area (Å²) in [5, 5.41) is 13.9. The van der Waals surface area contributed by atoms with Crippen LogP contribution >= 0.6 is 11.8 Å². The summed E-state index contributed by atoms with van der Waals surface area (Å²) in [4.78, 5) is 16.9. The lowest BCUT2D eigenvalue weighted by Gasteiger charge is -2.10. The highest BCUT2D eigenvalue weighted by Crippen LogP contribution is 2.27. The van der Waals surface area contributed by atoms with Crippen LogP contribution in [-0.4, -0.2) is 16.6 Å². The van der Waals surface area contributed by atoms with Crippen LogP contribution in [0, 0.1) is 32.1 Å². The summed E-state index contributed by atoms with van der Waals surface area (Å²) in [5.41, 5.74) is 5.39. The lowest BCUT2D eigenvalue weighted by molar-refractivity contribution is -0.113. The van der Waals surface area contributed by atoms with Crippen LogP contribution in [0.15, 0.2) is 47.5 Å². The number of nitrogens with zero attached hydrogens (tertiary/aromatic N) is 2. The molecule has 2 aromatic carbocycles. The van der Waals surface area contributed by atoms with Crippen LogP contribution in [0.1, 0.15) is 22.3 Å². The van der Waals surface area contributed by atoms with Gasteiger partial charge in [-0.2, -0.15) is 5.26 Å². The number of hydrogen-bond donors (Lipinski definition) is 1. The van der Waals surface area contributed by atoms with Crippen molar-refractivity contribution in [3.63, 3.8) is 0 Å². The van der Waals surface area contributed by atoms with Crippen LogP contribution < -0.4 is 5.32 Å². The average molecular weight is 361 g/mol. The molecule has 1 amide bonds. The number of hydrogen-bond acceptors (Lipinski definition) is 4. The Hall–Kier alpha value is -2.84. The highest BCUT2D eigenvalue weighted by Gasteiger charge is 2.12. The smallest absolute Gasteiger partial charge is 0.234 e. The Balaban J connectivity index is 1.81. The number of para-hydroxylation sites is 1. The van der Waals surface area contributed by atoms with Gasteiger partial charge in [0.25, 0.3) is 0 Å². The van der Waals surface area contributed by atoms with E-state index in [0.717, 1.165) is 33.3 Å². The van der Waals surface area contributed by atoms with E-state index in [1.54, 1.807) is 0 Å². The molecule has 0 radical (unpaired) electrons. The molecule has 0 saturated carbocycles. The number of aryl methyl sites for hydroxylation is 3. The minimum absolute atomic E-state index is 0.115. The van der Waals surface area contributed by atoms with E-state index in [0.29, 0.717) is 10.6 Å². The Morgan fingerprint density at radius 1 is 1.15 bits per heavy atom. The van der Waals surface area contributed by atoms with Crippen molar-refractivity contribution in [1.29, 1.82) is 5.26 Å². The van der Waals surface area contributed by atoms with Crippen LogP contribution in [0.2, 0.25) is 0 Å². The van der Waals surface area contributed by atoms with Crippen molar-refractivity contribution in [2.45, 2.75) is 25.8 Å². The molecule has 0 spiro atoms. The van der Waals surface area contributed by atoms with E-state index in [4.69, 9.17) is 0 Å². The molecule has 4 nitrogen and oxygen atoms in total. The van der Waals surface area contributed by atoms with Crippen LogP contribution in [0.4, 0.5) is 5.69 Å². The zero-order chi connectivity index (χ0) is 18.7. The second-order valence-corrected chi connectivity index (χ2v) is 7.22. The molecular formula is C21H19N3OS. The summed E-state index contributed by atoms with van der Waals surface area (Å²) in [7, 11) is 0. The molecule has 0 aliphatic rings. The van der Waals surface area contributed by atoms with E-state index < -0.39 is 0 Å². The molecule has 0 atom stereocenters. The van der Waals surface area contributed by atoms with Crippen molar-refractivity contribution in [2.75, 3.05) is 11.1 Å². The zero-order valence-electron chi connectivity index (χ0n) is 15.0. The Bertz CT molecular complexity index is 1040. The molecule has 0 fully saturated rings. The fourth-order valence-electron chi connectivity index (χ4n) is 2.86. The van der Waals surface area contributed by atoms with Gasteiger partial charge in [-0.25, -0.2) is 4.98 Å². The molecule has 130 valence electrons. The first-order chi connectivity index (χ1) is 12.5. The lowest BCUT2D eigenvalue weighted by Crippen LogP contribution is -2.15. The maximum atomic E-state index is 12.3. The maximum Gasteiger partial charge on any atom is 0.234 e. The highest BCUT2D eigenvalue weighted by molar-refractivity contribution is 8.00. The van der Waals surface area contributed by atoms with Gasteiger partial charge in [-0.05, 0) is 50.1 Å². The topological polar surface area (TPSA) is 65.8 Å². The summed E-state index contributed by atoms with van der Waals surface area (Å²) in [6, 6.07) is 15.8. The van der Waals surface area contributed by atoms with E-state index in [-0.39, 0.29) is 11.7 Å². The molecule has 0 unspecified atom stereocenters. The lowest BCUT2D eigenvalue weighted by atomic mass is 10.1.